The second-order valence-corrected chi connectivity index (χ2v) is 15.9. The van der Waals surface area contributed by atoms with E-state index in [-0.39, 0.29) is 29.6 Å². The van der Waals surface area contributed by atoms with Crippen molar-refractivity contribution in [2.45, 2.75) is 122 Å². The first kappa shape index (κ1) is 45.7. The van der Waals surface area contributed by atoms with Crippen molar-refractivity contribution < 1.29 is 46.5 Å². The van der Waals surface area contributed by atoms with Crippen LogP contribution in [0.15, 0.2) is 66.7 Å². The highest BCUT2D eigenvalue weighted by Gasteiger charge is 2.37. The van der Waals surface area contributed by atoms with E-state index in [9.17, 15) is 41.8 Å². The number of likely N-dealkylation sites (tertiary alicyclic amines) is 2. The van der Waals surface area contributed by atoms with Gasteiger partial charge in [-0.15, -0.1) is 0 Å². The third-order valence-electron chi connectivity index (χ3n) is 11.7. The molecule has 7 nitrogen and oxygen atoms in total. The zero-order valence-corrected chi connectivity index (χ0v) is 33.7. The Balaban J connectivity index is 0.000000254. The molecule has 0 spiro atoms. The number of hydrogen-bond donors (Lipinski definition) is 2. The Hall–Kier alpha value is -4.03. The molecule has 3 aromatic carbocycles. The van der Waals surface area contributed by atoms with E-state index < -0.39 is 28.8 Å². The van der Waals surface area contributed by atoms with Gasteiger partial charge >= 0.3 is 6.18 Å². The van der Waals surface area contributed by atoms with Gasteiger partial charge in [-0.3, -0.25) is 9.59 Å². The first-order valence-corrected chi connectivity index (χ1v) is 20.4. The lowest BCUT2D eigenvalue weighted by atomic mass is 9.81. The largest absolute Gasteiger partial charge is 0.457 e. The Morgan fingerprint density at radius 2 is 1.12 bits per heavy atom. The molecule has 0 saturated carbocycles. The third-order valence-corrected chi connectivity index (χ3v) is 11.7. The number of alkyl halides is 3. The molecule has 2 aliphatic rings. The van der Waals surface area contributed by atoms with Crippen molar-refractivity contribution in [3.8, 4) is 11.5 Å². The Morgan fingerprint density at radius 1 is 0.649 bits per heavy atom. The second kappa shape index (κ2) is 20.6. The highest BCUT2D eigenvalue weighted by Crippen LogP contribution is 2.34. The van der Waals surface area contributed by atoms with Crippen LogP contribution in [0, 0.1) is 23.5 Å². The van der Waals surface area contributed by atoms with Crippen molar-refractivity contribution in [2.75, 3.05) is 26.2 Å². The minimum absolute atomic E-state index is 0.00481. The lowest BCUT2D eigenvalue weighted by molar-refractivity contribution is -0.138. The fourth-order valence-corrected chi connectivity index (χ4v) is 7.83. The number of aliphatic hydroxyl groups is 2. The van der Waals surface area contributed by atoms with E-state index in [2.05, 4.69) is 27.7 Å². The fourth-order valence-electron chi connectivity index (χ4n) is 7.83. The van der Waals surface area contributed by atoms with Gasteiger partial charge in [0.2, 0.25) is 11.8 Å². The number of hydrogen-bond acceptors (Lipinski definition) is 5. The summed E-state index contributed by atoms with van der Waals surface area (Å²) >= 11 is 0. The summed E-state index contributed by atoms with van der Waals surface area (Å²) in [7, 11) is 0. The van der Waals surface area contributed by atoms with Gasteiger partial charge in [-0.25, -0.2) is 8.78 Å². The maximum atomic E-state index is 13.5. The minimum atomic E-state index is -4.66. The third kappa shape index (κ3) is 14.1. The Kier molecular flexibility index (Phi) is 16.5. The van der Waals surface area contributed by atoms with E-state index in [1.165, 1.54) is 12.1 Å². The quantitative estimate of drug-likeness (QED) is 0.159. The number of carbonyl (C=O) groups is 2. The van der Waals surface area contributed by atoms with Crippen LogP contribution in [0.1, 0.15) is 109 Å². The number of carbonyl (C=O) groups excluding carboxylic acids is 2. The van der Waals surface area contributed by atoms with E-state index in [0.717, 1.165) is 49.8 Å². The van der Waals surface area contributed by atoms with Crippen molar-refractivity contribution in [3.05, 3.63) is 95.1 Å². The molecule has 0 aliphatic carbocycles. The van der Waals surface area contributed by atoms with E-state index in [1.54, 1.807) is 17.0 Å². The van der Waals surface area contributed by atoms with Crippen molar-refractivity contribution in [1.29, 1.82) is 0 Å². The summed E-state index contributed by atoms with van der Waals surface area (Å²) < 4.78 is 70.7. The summed E-state index contributed by atoms with van der Waals surface area (Å²) in [5.41, 5.74) is -1.65. The summed E-state index contributed by atoms with van der Waals surface area (Å²) in [6.07, 6.45) is 3.20. The summed E-state index contributed by atoms with van der Waals surface area (Å²) in [6.45, 7) is 10.4. The number of benzene rings is 3. The van der Waals surface area contributed by atoms with Crippen LogP contribution in [-0.4, -0.2) is 69.2 Å². The maximum absolute atomic E-state index is 13.5. The fraction of sp³-hybridized carbons (Fsp3) is 0.556. The van der Waals surface area contributed by atoms with Crippen LogP contribution in [-0.2, 0) is 28.6 Å². The summed E-state index contributed by atoms with van der Waals surface area (Å²) in [5.74, 6) is 0.543. The summed E-state index contributed by atoms with van der Waals surface area (Å²) in [5, 5.41) is 21.7. The molecule has 2 aliphatic heterocycles. The van der Waals surface area contributed by atoms with Crippen LogP contribution < -0.4 is 4.74 Å². The van der Waals surface area contributed by atoms with Gasteiger partial charge in [0.05, 0.1) is 29.6 Å². The normalized spacial score (nSPS) is 16.6. The first-order chi connectivity index (χ1) is 27.0. The highest BCUT2D eigenvalue weighted by molar-refractivity contribution is 5.79. The number of ether oxygens (including phenoxy) is 1. The Bertz CT molecular complexity index is 1730. The van der Waals surface area contributed by atoms with Gasteiger partial charge in [0.25, 0.3) is 0 Å². The lowest BCUT2D eigenvalue weighted by Crippen LogP contribution is -2.47. The van der Waals surface area contributed by atoms with Crippen LogP contribution in [0.3, 0.4) is 0 Å². The first-order valence-electron chi connectivity index (χ1n) is 20.4. The predicted octanol–water partition coefficient (Wildman–Crippen LogP) is 9.91. The Morgan fingerprint density at radius 3 is 1.58 bits per heavy atom. The second-order valence-electron chi connectivity index (χ2n) is 15.9. The number of piperidine rings is 2. The number of nitrogens with zero attached hydrogens (tertiary/aromatic N) is 2. The van der Waals surface area contributed by atoms with Crippen LogP contribution in [0.5, 0.6) is 11.5 Å². The number of halogens is 5. The van der Waals surface area contributed by atoms with Crippen molar-refractivity contribution in [3.63, 3.8) is 0 Å². The molecule has 0 aromatic heterocycles. The van der Waals surface area contributed by atoms with Gasteiger partial charge in [-0.05, 0) is 116 Å². The van der Waals surface area contributed by atoms with Crippen LogP contribution in [0.2, 0.25) is 0 Å². The average molecular weight is 803 g/mol. The molecule has 5 rings (SSSR count). The molecule has 2 N–H and O–H groups in total. The van der Waals surface area contributed by atoms with Gasteiger partial charge in [0.1, 0.15) is 23.1 Å². The van der Waals surface area contributed by atoms with Crippen LogP contribution in [0.4, 0.5) is 22.0 Å². The van der Waals surface area contributed by atoms with Crippen molar-refractivity contribution in [2.24, 2.45) is 11.8 Å². The smallest absolute Gasteiger partial charge is 0.416 e. The molecule has 12 heteroatoms. The summed E-state index contributed by atoms with van der Waals surface area (Å²) in [4.78, 5) is 28.6. The van der Waals surface area contributed by atoms with Gasteiger partial charge in [-0.2, -0.15) is 13.2 Å². The zero-order valence-electron chi connectivity index (χ0n) is 33.7. The summed E-state index contributed by atoms with van der Waals surface area (Å²) in [6, 6.07) is 15.5. The van der Waals surface area contributed by atoms with Gasteiger partial charge in [0, 0.05) is 26.2 Å². The van der Waals surface area contributed by atoms with E-state index in [1.807, 2.05) is 29.2 Å². The molecule has 2 amide bonds. The lowest BCUT2D eigenvalue weighted by Gasteiger charge is -2.40. The number of rotatable bonds is 14. The molecular formula is C45H59F5N2O5. The molecule has 314 valence electrons. The van der Waals surface area contributed by atoms with Crippen molar-refractivity contribution >= 4 is 11.8 Å². The molecule has 57 heavy (non-hydrogen) atoms. The molecule has 2 saturated heterocycles. The standard InChI is InChI=1S/C25H32FNO3.C20H27F4NO2/c1-3-19(4-2)18-25(29)12-14-27(15-13-25)24(28)17-20-6-5-7-23(16-20)30-22-10-8-21(26)9-11-22;1-3-14(4-2)13-19(27)5-7-25(8-6-19)18(26)11-15-9-16(20(22,23)24)12-17(21)10-15/h5-11,16,19,29H,3-4,12-15,17-18H2,1-2H3;9-10,12,14,27H,3-8,11,13H2,1-2H3. The monoisotopic (exact) mass is 802 g/mol. The number of amides is 2. The predicted molar refractivity (Wildman–Crippen MR) is 211 cm³/mol. The molecule has 3 aromatic rings. The molecule has 0 bridgehead atoms. The molecule has 0 unspecified atom stereocenters. The minimum Gasteiger partial charge on any atom is -0.457 e. The maximum Gasteiger partial charge on any atom is 0.416 e. The molecule has 0 atom stereocenters. The van der Waals surface area contributed by atoms with Gasteiger partial charge in [-0.1, -0.05) is 65.5 Å². The Labute approximate surface area is 334 Å². The van der Waals surface area contributed by atoms with Crippen molar-refractivity contribution in [1.82, 2.24) is 9.80 Å². The molecule has 2 heterocycles. The topological polar surface area (TPSA) is 90.3 Å². The van der Waals surface area contributed by atoms with Crippen LogP contribution in [0.25, 0.3) is 0 Å². The average Bonchev–Trinajstić information content (AvgIpc) is 3.17. The highest BCUT2D eigenvalue weighted by atomic mass is 19.4. The molecule has 0 radical (unpaired) electrons. The van der Waals surface area contributed by atoms with Gasteiger partial charge < -0.3 is 24.7 Å². The van der Waals surface area contributed by atoms with Crippen LogP contribution >= 0.6 is 0 Å². The SMILES string of the molecule is CCC(CC)CC1(O)CCN(C(=O)Cc2cc(F)cc(C(F)(F)F)c2)CC1.CCC(CC)CC1(O)CCN(C(=O)Cc2cccc(Oc3ccc(F)cc3)c2)CC1. The van der Waals surface area contributed by atoms with E-state index in [0.29, 0.717) is 94.1 Å². The van der Waals surface area contributed by atoms with Gasteiger partial charge in [0.15, 0.2) is 0 Å². The molecular weight excluding hydrogens is 743 g/mol. The van der Waals surface area contributed by atoms with E-state index >= 15 is 0 Å². The zero-order chi connectivity index (χ0) is 41.8. The van der Waals surface area contributed by atoms with E-state index in [4.69, 9.17) is 4.74 Å². The molecule has 2 fully saturated rings.